The van der Waals surface area contributed by atoms with E-state index in [-0.39, 0.29) is 22.3 Å². The molecule has 0 aliphatic carbocycles. The van der Waals surface area contributed by atoms with Crippen LogP contribution in [0.3, 0.4) is 0 Å². The second-order valence-corrected chi connectivity index (χ2v) is 10.9. The summed E-state index contributed by atoms with van der Waals surface area (Å²) in [6.45, 7) is 14.1. The Bertz CT molecular complexity index is 910. The smallest absolute Gasteiger partial charge is 0.297 e. The second-order valence-electron chi connectivity index (χ2n) is 9.33. The van der Waals surface area contributed by atoms with Crippen molar-refractivity contribution < 1.29 is 17.7 Å². The molecule has 0 radical (unpaired) electrons. The largest absolute Gasteiger partial charge is 0.507 e. The van der Waals surface area contributed by atoms with Gasteiger partial charge in [-0.15, -0.1) is 0 Å². The molecule has 1 N–H and O–H groups in total. The van der Waals surface area contributed by atoms with E-state index in [1.54, 1.807) is 31.2 Å². The number of benzene rings is 2. The van der Waals surface area contributed by atoms with Crippen molar-refractivity contribution in [3.05, 3.63) is 58.7 Å². The van der Waals surface area contributed by atoms with Gasteiger partial charge < -0.3 is 5.11 Å². The van der Waals surface area contributed by atoms with Gasteiger partial charge in [0, 0.05) is 0 Å². The maximum atomic E-state index is 12.5. The van der Waals surface area contributed by atoms with Crippen LogP contribution in [0.25, 0.3) is 0 Å². The van der Waals surface area contributed by atoms with Crippen LogP contribution >= 0.6 is 0 Å². The van der Waals surface area contributed by atoms with Crippen molar-refractivity contribution in [1.29, 1.82) is 0 Å². The fraction of sp³-hybridized carbons (Fsp3) is 0.478. The summed E-state index contributed by atoms with van der Waals surface area (Å²) in [5.74, 6) is 0.317. The minimum Gasteiger partial charge on any atom is -0.507 e. The molecule has 0 saturated heterocycles. The molecule has 28 heavy (non-hydrogen) atoms. The summed E-state index contributed by atoms with van der Waals surface area (Å²) in [4.78, 5) is 0.200. The highest BCUT2D eigenvalue weighted by atomic mass is 32.2. The van der Waals surface area contributed by atoms with Crippen LogP contribution in [-0.4, -0.2) is 20.1 Å². The summed E-state index contributed by atoms with van der Waals surface area (Å²) >= 11 is 0. The Morgan fingerprint density at radius 1 is 0.929 bits per heavy atom. The van der Waals surface area contributed by atoms with Crippen molar-refractivity contribution in [3.8, 4) is 5.75 Å². The van der Waals surface area contributed by atoms with Gasteiger partial charge in [-0.3, -0.25) is 4.18 Å². The van der Waals surface area contributed by atoms with E-state index in [1.807, 2.05) is 12.1 Å². The van der Waals surface area contributed by atoms with E-state index in [0.29, 0.717) is 17.7 Å². The standard InChI is InChI=1S/C23H32O4S/c1-16-10-8-9-11-20(16)28(25,26)27-13-12-17-14-18(22(2,3)4)21(24)19(15-17)23(5,6)7/h8-11,14-15,24H,12-13H2,1-7H3. The van der Waals surface area contributed by atoms with Gasteiger partial charge in [-0.1, -0.05) is 71.9 Å². The van der Waals surface area contributed by atoms with Gasteiger partial charge in [0.25, 0.3) is 10.1 Å². The molecule has 0 unspecified atom stereocenters. The Labute approximate surface area is 169 Å². The zero-order valence-corrected chi connectivity index (χ0v) is 18.8. The Hall–Kier alpha value is -1.85. The molecule has 154 valence electrons. The molecule has 0 saturated carbocycles. The summed E-state index contributed by atoms with van der Waals surface area (Å²) < 4.78 is 30.3. The molecule has 0 fully saturated rings. The molecule has 2 aromatic carbocycles. The Morgan fingerprint density at radius 3 is 1.89 bits per heavy atom. The average Bonchev–Trinajstić information content (AvgIpc) is 2.54. The summed E-state index contributed by atoms with van der Waals surface area (Å²) in [6, 6.07) is 10.7. The van der Waals surface area contributed by atoms with Crippen LogP contribution in [-0.2, 0) is 31.6 Å². The molecule has 0 heterocycles. The molecule has 4 nitrogen and oxygen atoms in total. The van der Waals surface area contributed by atoms with Gasteiger partial charge in [-0.05, 0) is 52.5 Å². The lowest BCUT2D eigenvalue weighted by Crippen LogP contribution is -2.18. The zero-order valence-electron chi connectivity index (χ0n) is 18.0. The fourth-order valence-corrected chi connectivity index (χ4v) is 4.29. The van der Waals surface area contributed by atoms with E-state index in [1.165, 1.54) is 0 Å². The van der Waals surface area contributed by atoms with Crippen molar-refractivity contribution in [3.63, 3.8) is 0 Å². The number of hydrogen-bond donors (Lipinski definition) is 1. The van der Waals surface area contributed by atoms with Crippen molar-refractivity contribution >= 4 is 10.1 Å². The Morgan fingerprint density at radius 2 is 1.43 bits per heavy atom. The highest BCUT2D eigenvalue weighted by Gasteiger charge is 2.26. The second kappa shape index (κ2) is 7.88. The maximum Gasteiger partial charge on any atom is 0.297 e. The first kappa shape index (κ1) is 22.4. The molecule has 2 aromatic rings. The number of hydrogen-bond acceptors (Lipinski definition) is 4. The number of aryl methyl sites for hydroxylation is 1. The molecule has 5 heteroatoms. The van der Waals surface area contributed by atoms with Gasteiger partial charge in [-0.25, -0.2) is 0 Å². The van der Waals surface area contributed by atoms with E-state index in [4.69, 9.17) is 4.18 Å². The van der Waals surface area contributed by atoms with Crippen molar-refractivity contribution in [2.45, 2.75) is 70.6 Å². The summed E-state index contributed by atoms with van der Waals surface area (Å²) in [6.07, 6.45) is 0.442. The highest BCUT2D eigenvalue weighted by molar-refractivity contribution is 7.86. The quantitative estimate of drug-likeness (QED) is 0.692. The molecule has 0 aliphatic rings. The summed E-state index contributed by atoms with van der Waals surface area (Å²) in [5, 5.41) is 10.8. The Balaban J connectivity index is 2.28. The van der Waals surface area contributed by atoms with Crippen LogP contribution in [0.2, 0.25) is 0 Å². The first-order valence-corrected chi connectivity index (χ1v) is 11.0. The van der Waals surface area contributed by atoms with Gasteiger partial charge in [0.05, 0.1) is 11.5 Å². The molecule has 0 amide bonds. The predicted octanol–water partition coefficient (Wildman–Crippen LogP) is 5.24. The van der Waals surface area contributed by atoms with Crippen LogP contribution in [0.4, 0.5) is 0 Å². The molecular formula is C23H32O4S. The molecule has 0 aromatic heterocycles. The molecule has 0 spiro atoms. The minimum absolute atomic E-state index is 0.0502. The molecular weight excluding hydrogens is 372 g/mol. The summed E-state index contributed by atoms with van der Waals surface area (Å²) in [7, 11) is -3.80. The van der Waals surface area contributed by atoms with Crippen molar-refractivity contribution in [2.75, 3.05) is 6.61 Å². The average molecular weight is 405 g/mol. The van der Waals surface area contributed by atoms with Crippen LogP contribution in [0.1, 0.15) is 63.8 Å². The lowest BCUT2D eigenvalue weighted by Gasteiger charge is -2.28. The molecule has 2 rings (SSSR count). The van der Waals surface area contributed by atoms with Crippen molar-refractivity contribution in [1.82, 2.24) is 0 Å². The number of phenols is 1. The van der Waals surface area contributed by atoms with Gasteiger partial charge >= 0.3 is 0 Å². The van der Waals surface area contributed by atoms with E-state index in [9.17, 15) is 13.5 Å². The minimum atomic E-state index is -3.80. The van der Waals surface area contributed by atoms with Gasteiger partial charge in [-0.2, -0.15) is 8.42 Å². The third-order valence-corrected chi connectivity index (χ3v) is 6.25. The van der Waals surface area contributed by atoms with Crippen LogP contribution in [0, 0.1) is 6.92 Å². The molecule has 0 bridgehead atoms. The number of rotatable bonds is 5. The van der Waals surface area contributed by atoms with Gasteiger partial charge in [0.1, 0.15) is 5.75 Å². The number of phenolic OH excluding ortho intramolecular Hbond substituents is 1. The van der Waals surface area contributed by atoms with Crippen LogP contribution < -0.4 is 0 Å². The van der Waals surface area contributed by atoms with E-state index in [2.05, 4.69) is 41.5 Å². The first-order valence-electron chi connectivity index (χ1n) is 9.55. The van der Waals surface area contributed by atoms with Crippen LogP contribution in [0.15, 0.2) is 41.3 Å². The SMILES string of the molecule is Cc1ccccc1S(=O)(=O)OCCc1cc(C(C)(C)C)c(O)c(C(C)(C)C)c1. The van der Waals surface area contributed by atoms with E-state index < -0.39 is 10.1 Å². The third kappa shape index (κ3) is 5.15. The Kier molecular flexibility index (Phi) is 6.31. The van der Waals surface area contributed by atoms with Crippen LogP contribution in [0.5, 0.6) is 5.75 Å². The predicted molar refractivity (Wildman–Crippen MR) is 114 cm³/mol. The topological polar surface area (TPSA) is 63.6 Å². The molecule has 0 atom stereocenters. The molecule has 0 aliphatic heterocycles. The maximum absolute atomic E-state index is 12.5. The highest BCUT2D eigenvalue weighted by Crippen LogP contribution is 2.39. The first-order chi connectivity index (χ1) is 12.7. The van der Waals surface area contributed by atoms with E-state index >= 15 is 0 Å². The fourth-order valence-electron chi connectivity index (χ4n) is 3.15. The van der Waals surface area contributed by atoms with Crippen molar-refractivity contribution in [2.24, 2.45) is 0 Å². The third-order valence-electron chi connectivity index (χ3n) is 4.78. The zero-order chi connectivity index (χ0) is 21.3. The van der Waals surface area contributed by atoms with Gasteiger partial charge in [0.15, 0.2) is 0 Å². The lowest BCUT2D eigenvalue weighted by atomic mass is 9.78. The lowest BCUT2D eigenvalue weighted by molar-refractivity contribution is 0.321. The van der Waals surface area contributed by atoms with Gasteiger partial charge in [0.2, 0.25) is 0 Å². The van der Waals surface area contributed by atoms with E-state index in [0.717, 1.165) is 16.7 Å². The normalized spacial score (nSPS) is 13.0. The monoisotopic (exact) mass is 404 g/mol. The summed E-state index contributed by atoms with van der Waals surface area (Å²) in [5.41, 5.74) is 2.88. The number of aromatic hydroxyl groups is 1.